The Balaban J connectivity index is 1.81. The Morgan fingerprint density at radius 3 is 2.60 bits per heavy atom. The van der Waals surface area contributed by atoms with Crippen molar-refractivity contribution in [3.63, 3.8) is 0 Å². The topological polar surface area (TPSA) is 69.7 Å². The van der Waals surface area contributed by atoms with Crippen LogP contribution in [0.3, 0.4) is 0 Å². The van der Waals surface area contributed by atoms with Gasteiger partial charge in [-0.2, -0.15) is 0 Å². The Kier molecular flexibility index (Phi) is 5.02. The number of allylic oxidation sites excluding steroid dienone is 4. The molecule has 0 heterocycles. The number of hydrogen-bond donors (Lipinski definition) is 0. The molecular weight excluding hydrogens is 380 g/mol. The summed E-state index contributed by atoms with van der Waals surface area (Å²) in [5, 5.41) is 0. The minimum absolute atomic E-state index is 0.0636. The van der Waals surface area contributed by atoms with Gasteiger partial charge >= 0.3 is 11.9 Å². The summed E-state index contributed by atoms with van der Waals surface area (Å²) in [5.41, 5.74) is 1.46. The van der Waals surface area contributed by atoms with Gasteiger partial charge in [0.05, 0.1) is 13.0 Å². The van der Waals surface area contributed by atoms with Gasteiger partial charge in [0, 0.05) is 23.7 Å². The van der Waals surface area contributed by atoms with E-state index in [2.05, 4.69) is 26.8 Å². The van der Waals surface area contributed by atoms with Crippen LogP contribution >= 0.6 is 0 Å². The highest BCUT2D eigenvalue weighted by Crippen LogP contribution is 2.67. The number of ketones is 1. The standard InChI is InChI=1S/C25H34O5/c1-6-20(27)30-25(4)12-9-19-21-17(22(28)29-5)14-15-13-16(26)7-10-23(15,2)18(21)8-11-24(19,25)3/h8,13,17,19,21H,6-7,9-12,14H2,1-5H3/t17-,19?,21?,23+,24+,25+/m1/s1. The van der Waals surface area contributed by atoms with Crippen molar-refractivity contribution < 1.29 is 23.9 Å². The van der Waals surface area contributed by atoms with Gasteiger partial charge in [-0.3, -0.25) is 14.4 Å². The summed E-state index contributed by atoms with van der Waals surface area (Å²) < 4.78 is 11.3. The molecule has 0 N–H and O–H groups in total. The van der Waals surface area contributed by atoms with Gasteiger partial charge in [0.2, 0.25) is 0 Å². The minimum atomic E-state index is -0.535. The molecule has 0 radical (unpaired) electrons. The molecule has 4 aliphatic carbocycles. The van der Waals surface area contributed by atoms with Crippen molar-refractivity contribution in [3.8, 4) is 0 Å². The van der Waals surface area contributed by atoms with E-state index >= 15 is 0 Å². The molecule has 4 rings (SSSR count). The van der Waals surface area contributed by atoms with Crippen LogP contribution < -0.4 is 0 Å². The molecule has 30 heavy (non-hydrogen) atoms. The van der Waals surface area contributed by atoms with E-state index < -0.39 is 5.60 Å². The van der Waals surface area contributed by atoms with E-state index in [4.69, 9.17) is 9.47 Å². The summed E-state index contributed by atoms with van der Waals surface area (Å²) in [6.45, 7) is 8.37. The number of carbonyl (C=O) groups excluding carboxylic acids is 3. The van der Waals surface area contributed by atoms with Crippen LogP contribution in [0, 0.1) is 28.6 Å². The van der Waals surface area contributed by atoms with E-state index in [9.17, 15) is 14.4 Å². The summed E-state index contributed by atoms with van der Waals surface area (Å²) in [6, 6.07) is 0. The molecule has 0 bridgehead atoms. The van der Waals surface area contributed by atoms with Crippen molar-refractivity contribution in [3.05, 3.63) is 23.3 Å². The van der Waals surface area contributed by atoms with Crippen molar-refractivity contribution in [1.29, 1.82) is 0 Å². The second-order valence-electron chi connectivity index (χ2n) is 10.3. The first-order chi connectivity index (χ1) is 14.1. The number of methoxy groups -OCH3 is 1. The molecular formula is C25H34O5. The van der Waals surface area contributed by atoms with Gasteiger partial charge in [0.1, 0.15) is 5.60 Å². The summed E-state index contributed by atoms with van der Waals surface area (Å²) in [6.07, 6.45) is 8.95. The van der Waals surface area contributed by atoms with Gasteiger partial charge in [-0.15, -0.1) is 0 Å². The van der Waals surface area contributed by atoms with E-state index in [0.717, 1.165) is 31.3 Å². The first-order valence-electron chi connectivity index (χ1n) is 11.3. The van der Waals surface area contributed by atoms with Gasteiger partial charge in [-0.05, 0) is 56.9 Å². The summed E-state index contributed by atoms with van der Waals surface area (Å²) in [7, 11) is 1.45. The Morgan fingerprint density at radius 2 is 1.93 bits per heavy atom. The summed E-state index contributed by atoms with van der Waals surface area (Å²) >= 11 is 0. The van der Waals surface area contributed by atoms with E-state index in [1.165, 1.54) is 12.7 Å². The molecule has 5 nitrogen and oxygen atoms in total. The summed E-state index contributed by atoms with van der Waals surface area (Å²) in [5.74, 6) is -0.187. The average molecular weight is 415 g/mol. The van der Waals surface area contributed by atoms with Crippen LogP contribution in [0.1, 0.15) is 72.6 Å². The SMILES string of the molecule is CCC(=O)O[C@@]1(C)CCC2C3C(=CC[C@@]21C)[C@@]1(C)CCC(=O)C=C1C[C@H]3C(=O)OC. The van der Waals surface area contributed by atoms with Crippen LogP contribution in [0.4, 0.5) is 0 Å². The van der Waals surface area contributed by atoms with Crippen LogP contribution in [-0.2, 0) is 23.9 Å². The molecule has 0 aromatic carbocycles. The predicted molar refractivity (Wildman–Crippen MR) is 112 cm³/mol. The first kappa shape index (κ1) is 21.3. The maximum absolute atomic E-state index is 12.9. The van der Waals surface area contributed by atoms with Gasteiger partial charge < -0.3 is 9.47 Å². The third kappa shape index (κ3) is 2.84. The lowest BCUT2D eigenvalue weighted by molar-refractivity contribution is -0.174. The second-order valence-corrected chi connectivity index (χ2v) is 10.3. The highest BCUT2D eigenvalue weighted by atomic mass is 16.6. The number of ether oxygens (including phenoxy) is 2. The zero-order valence-electron chi connectivity index (χ0n) is 18.9. The highest BCUT2D eigenvalue weighted by Gasteiger charge is 2.64. The fraction of sp³-hybridized carbons (Fsp3) is 0.720. The zero-order chi connectivity index (χ0) is 21.9. The van der Waals surface area contributed by atoms with Gasteiger partial charge in [0.25, 0.3) is 0 Å². The van der Waals surface area contributed by atoms with E-state index in [-0.39, 0.29) is 46.3 Å². The van der Waals surface area contributed by atoms with Crippen LogP contribution in [0.15, 0.2) is 23.3 Å². The van der Waals surface area contributed by atoms with Crippen molar-refractivity contribution in [2.45, 2.75) is 78.2 Å². The molecule has 0 aromatic heterocycles. The smallest absolute Gasteiger partial charge is 0.309 e. The van der Waals surface area contributed by atoms with Crippen LogP contribution in [0.2, 0.25) is 0 Å². The molecule has 2 saturated carbocycles. The number of carbonyl (C=O) groups is 3. The normalized spacial score (nSPS) is 42.3. The van der Waals surface area contributed by atoms with Gasteiger partial charge in [-0.25, -0.2) is 0 Å². The lowest BCUT2D eigenvalue weighted by Gasteiger charge is -2.56. The van der Waals surface area contributed by atoms with Crippen molar-refractivity contribution in [1.82, 2.24) is 0 Å². The Hall–Kier alpha value is -1.91. The van der Waals surface area contributed by atoms with Crippen LogP contribution in [0.5, 0.6) is 0 Å². The van der Waals surface area contributed by atoms with E-state index in [1.807, 2.05) is 6.92 Å². The Bertz CT molecular complexity index is 854. The van der Waals surface area contributed by atoms with Crippen molar-refractivity contribution in [2.75, 3.05) is 7.11 Å². The van der Waals surface area contributed by atoms with Gasteiger partial charge in [0.15, 0.2) is 5.78 Å². The minimum Gasteiger partial charge on any atom is -0.469 e. The van der Waals surface area contributed by atoms with Crippen LogP contribution in [-0.4, -0.2) is 30.4 Å². The largest absolute Gasteiger partial charge is 0.469 e. The van der Waals surface area contributed by atoms with E-state index in [0.29, 0.717) is 19.3 Å². The number of fused-ring (bicyclic) bond motifs is 5. The maximum atomic E-state index is 12.9. The fourth-order valence-corrected chi connectivity index (χ4v) is 6.95. The molecule has 0 amide bonds. The highest BCUT2D eigenvalue weighted by molar-refractivity contribution is 5.92. The van der Waals surface area contributed by atoms with Crippen LogP contribution in [0.25, 0.3) is 0 Å². The first-order valence-corrected chi connectivity index (χ1v) is 11.3. The molecule has 0 aliphatic heterocycles. The Morgan fingerprint density at radius 1 is 1.20 bits per heavy atom. The number of esters is 2. The maximum Gasteiger partial charge on any atom is 0.309 e. The predicted octanol–water partition coefficient (Wildman–Crippen LogP) is 4.55. The second kappa shape index (κ2) is 7.06. The molecule has 0 saturated heterocycles. The summed E-state index contributed by atoms with van der Waals surface area (Å²) in [4.78, 5) is 37.3. The van der Waals surface area contributed by atoms with Crippen molar-refractivity contribution >= 4 is 17.7 Å². The Labute approximate surface area is 179 Å². The molecule has 4 aliphatic rings. The number of hydrogen-bond acceptors (Lipinski definition) is 5. The molecule has 0 aromatic rings. The fourth-order valence-electron chi connectivity index (χ4n) is 6.95. The lowest BCUT2D eigenvalue weighted by Crippen LogP contribution is -2.54. The average Bonchev–Trinajstić information content (AvgIpc) is 2.98. The monoisotopic (exact) mass is 414 g/mol. The molecule has 0 spiro atoms. The van der Waals surface area contributed by atoms with Gasteiger partial charge in [-0.1, -0.05) is 38.0 Å². The third-order valence-corrected chi connectivity index (χ3v) is 9.06. The zero-order valence-corrected chi connectivity index (χ0v) is 18.9. The molecule has 2 unspecified atom stereocenters. The van der Waals surface area contributed by atoms with Crippen molar-refractivity contribution in [2.24, 2.45) is 28.6 Å². The molecule has 6 atom stereocenters. The van der Waals surface area contributed by atoms with E-state index in [1.54, 1.807) is 6.08 Å². The number of rotatable bonds is 3. The molecule has 2 fully saturated rings. The molecule has 5 heteroatoms. The quantitative estimate of drug-likeness (QED) is 0.501. The molecule has 164 valence electrons. The third-order valence-electron chi connectivity index (χ3n) is 9.06. The lowest BCUT2D eigenvalue weighted by atomic mass is 9.48.